The molecule has 0 nitrogen and oxygen atoms in total. The first-order chi connectivity index (χ1) is 2.00. The first kappa shape index (κ1) is 1.86. The van der Waals surface area contributed by atoms with E-state index < -0.39 is 0 Å². The summed E-state index contributed by atoms with van der Waals surface area (Å²) in [5.41, 5.74) is 0. The van der Waals surface area contributed by atoms with Gasteiger partial charge >= 0.3 is 6.99 Å². The van der Waals surface area contributed by atoms with Gasteiger partial charge < -0.3 is 0 Å². The van der Waals surface area contributed by atoms with Gasteiger partial charge in [-0.15, -0.1) is 0 Å². The summed E-state index contributed by atoms with van der Waals surface area (Å²) in [6, 6.07) is 0. The fourth-order valence-corrected chi connectivity index (χ4v) is 61.9. The van der Waals surface area contributed by atoms with E-state index in [9.17, 15) is 0 Å². The van der Waals surface area contributed by atoms with Crippen LogP contribution in [0.1, 0.15) is 0 Å². The molecule has 1 aromatic heterocycles. The molecule has 1 aromatic rings. The highest BCUT2D eigenvalue weighted by atomic mass is 33.7. The summed E-state index contributed by atoms with van der Waals surface area (Å²) in [4.78, 5) is 0. The highest BCUT2D eigenvalue weighted by molar-refractivity contribution is 9.65. The third-order valence-electron chi connectivity index (χ3n) is 0.838. The van der Waals surface area contributed by atoms with Crippen molar-refractivity contribution in [3.8, 4) is 0 Å². The molecule has 0 atom stereocenters. The Bertz CT molecular complexity index is 119. The lowest BCUT2D eigenvalue weighted by atomic mass is 29.9. The van der Waals surface area contributed by atoms with E-state index in [1.54, 1.807) is 0 Å². The van der Waals surface area contributed by atoms with Crippen LogP contribution in [0.3, 0.4) is 0 Å². The minimum Gasteiger partial charge on any atom is 0.225 e. The molecule has 0 fully saturated rings. The van der Waals surface area contributed by atoms with Crippen molar-refractivity contribution in [2.24, 2.45) is 0 Å². The summed E-state index contributed by atoms with van der Waals surface area (Å²) in [7, 11) is 0. The summed E-state index contributed by atoms with van der Waals surface area (Å²) in [6.45, 7) is 4.30. The molecular weight excluding hydrogens is 124 g/mol. The molecule has 0 aromatic carbocycles. The molecule has 3 aliphatic rings. The van der Waals surface area contributed by atoms with Crippen molar-refractivity contribution in [2.75, 3.05) is 0 Å². The molecule has 0 aliphatic carbocycles. The van der Waals surface area contributed by atoms with E-state index in [-0.39, 0.29) is 0 Å². The van der Waals surface area contributed by atoms with Gasteiger partial charge in [0.2, 0.25) is 19.7 Å². The molecule has 4 heterocycles. The van der Waals surface area contributed by atoms with Crippen molar-refractivity contribution in [1.82, 2.24) is 0 Å². The van der Waals surface area contributed by atoms with Gasteiger partial charge in [0.05, 0.1) is 0 Å². The lowest BCUT2D eigenvalue weighted by Crippen LogP contribution is -0.237. The van der Waals surface area contributed by atoms with Crippen molar-refractivity contribution in [2.45, 2.75) is 0 Å². The van der Waals surface area contributed by atoms with Crippen LogP contribution in [0.4, 0.5) is 0 Å². The van der Waals surface area contributed by atoms with Gasteiger partial charge in [-0.05, 0) is 0 Å². The van der Waals surface area contributed by atoms with Gasteiger partial charge in [0.1, 0.15) is 0 Å². The predicted molar refractivity (Wildman–Crippen MR) is 27.7 cm³/mol. The standard InChI is InChI=1S/P4/c1-2-3(1)4(1)2/q+1. The SMILES string of the molecule is p12p3p1[P+]23. The van der Waals surface area contributed by atoms with E-state index in [1.165, 1.54) is 0 Å². The fraction of sp³-hybridized carbons (Fsp3) is 0. The maximum absolute atomic E-state index is 1.07. The van der Waals surface area contributed by atoms with Gasteiger partial charge in [0.25, 0.3) is 0 Å². The van der Waals surface area contributed by atoms with Gasteiger partial charge in [-0.1, -0.05) is 0 Å². The second-order valence-corrected chi connectivity index (χ2v) is 29.0. The molecule has 0 saturated heterocycles. The van der Waals surface area contributed by atoms with E-state index in [0.717, 1.165) is 26.7 Å². The molecule has 1 radical (unpaired) electrons. The molecule has 0 unspecified atom stereocenters. The summed E-state index contributed by atoms with van der Waals surface area (Å²) in [6.07, 6.45) is 0. The summed E-state index contributed by atoms with van der Waals surface area (Å²) < 4.78 is 0. The van der Waals surface area contributed by atoms with E-state index in [4.69, 9.17) is 0 Å². The van der Waals surface area contributed by atoms with Crippen LogP contribution in [0, 0.1) is 0 Å². The van der Waals surface area contributed by atoms with Crippen molar-refractivity contribution in [1.29, 1.82) is 0 Å². The molecule has 0 amide bonds. The normalized spacial score (nSPS) is 54.0. The van der Waals surface area contributed by atoms with Gasteiger partial charge in [-0.3, -0.25) is 0 Å². The lowest BCUT2D eigenvalue weighted by molar-refractivity contribution is 5.82. The smallest absolute Gasteiger partial charge is 0.225 e. The fourth-order valence-electron chi connectivity index (χ4n) is 0.335. The topological polar surface area (TPSA) is 0 Å². The second-order valence-electron chi connectivity index (χ2n) is 1.07. The first-order valence-corrected chi connectivity index (χ1v) is 10.8. The highest BCUT2D eigenvalue weighted by Crippen LogP contribution is 3.59. The molecule has 0 spiro atoms. The Hall–Kier alpha value is 1.33. The Morgan fingerprint density at radius 2 is 1.25 bits per heavy atom. The second kappa shape index (κ2) is 0.270. The molecule has 0 bridgehead atoms. The van der Waals surface area contributed by atoms with E-state index in [0.29, 0.717) is 0 Å². The zero-order valence-electron chi connectivity index (χ0n) is 1.79. The van der Waals surface area contributed by atoms with Crippen LogP contribution in [-0.4, -0.2) is 0 Å². The van der Waals surface area contributed by atoms with Gasteiger partial charge in [-0.25, -0.2) is 0 Å². The first-order valence-electron chi connectivity index (χ1n) is 1.20. The molecule has 19 valence electrons. The zero-order chi connectivity index (χ0) is 2.31. The molecule has 0 N–H and O–H groups in total. The van der Waals surface area contributed by atoms with Crippen molar-refractivity contribution in [3.63, 3.8) is 0 Å². The largest absolute Gasteiger partial charge is 0.324 e. The van der Waals surface area contributed by atoms with Crippen LogP contribution >= 0.6 is 26.7 Å². The Balaban J connectivity index is 3.63. The summed E-state index contributed by atoms with van der Waals surface area (Å²) >= 11 is 0. The Morgan fingerprint density at radius 1 is 1.00 bits per heavy atom. The molecule has 4 rings (SSSR count). The third-order valence-corrected chi connectivity index (χ3v) is 48.5. The van der Waals surface area contributed by atoms with Crippen molar-refractivity contribution in [3.05, 3.63) is 0 Å². The van der Waals surface area contributed by atoms with Crippen LogP contribution in [0.5, 0.6) is 0 Å². The average Bonchev–Trinajstić information content (AvgIpc) is 1.71. The highest BCUT2D eigenvalue weighted by Gasteiger charge is 2.99. The Labute approximate surface area is 27.5 Å². The van der Waals surface area contributed by atoms with Gasteiger partial charge in [0, 0.05) is 0 Å². The summed E-state index contributed by atoms with van der Waals surface area (Å²) in [5.74, 6) is 0. The van der Waals surface area contributed by atoms with E-state index >= 15 is 0 Å². The van der Waals surface area contributed by atoms with Gasteiger partial charge in [-0.2, -0.15) is 0 Å². The quantitative estimate of drug-likeness (QED) is 0.402. The minimum atomic E-state index is 1.07. The predicted octanol–water partition coefficient (Wildman–Crippen LogP) is 3.44. The molecular formula is P4+. The molecule has 0 saturated carbocycles. The third kappa shape index (κ3) is 0.0602. The maximum Gasteiger partial charge on any atom is 0.324 e. The average molecular weight is 124 g/mol. The van der Waals surface area contributed by atoms with Crippen LogP contribution in [-0.2, 0) is 0 Å². The van der Waals surface area contributed by atoms with Crippen LogP contribution in [0.15, 0.2) is 0 Å². The number of rotatable bonds is 0. The Kier molecular flexibility index (Phi) is 0.126. The van der Waals surface area contributed by atoms with Crippen molar-refractivity contribution < 1.29 is 0 Å². The molecule has 4 heteroatoms. The van der Waals surface area contributed by atoms with Gasteiger partial charge in [0.15, 0.2) is 0 Å². The lowest BCUT2D eigenvalue weighted by Gasteiger charge is -0.803. The summed E-state index contributed by atoms with van der Waals surface area (Å²) in [5, 5.41) is 0. The molecule has 4 heavy (non-hydrogen) atoms. The van der Waals surface area contributed by atoms with E-state index in [2.05, 4.69) is 0 Å². The number of hydrogen-bond acceptors (Lipinski definition) is 0. The zero-order valence-corrected chi connectivity index (χ0v) is 5.37. The van der Waals surface area contributed by atoms with E-state index in [1.807, 2.05) is 0 Å². The molecule has 3 aliphatic heterocycles. The number of hydrogen-bond donors (Lipinski definition) is 0. The van der Waals surface area contributed by atoms with Crippen molar-refractivity contribution >= 4 is 26.7 Å². The van der Waals surface area contributed by atoms with Crippen LogP contribution in [0.25, 0.3) is 0 Å². The maximum atomic E-state index is 1.07. The monoisotopic (exact) mass is 124 g/mol. The van der Waals surface area contributed by atoms with Crippen LogP contribution in [0.2, 0.25) is 0 Å². The van der Waals surface area contributed by atoms with Crippen LogP contribution < -0.4 is 0 Å². The Morgan fingerprint density at radius 3 is 1.25 bits per heavy atom. The minimum absolute atomic E-state index is 1.07.